The van der Waals surface area contributed by atoms with Crippen molar-refractivity contribution in [3.05, 3.63) is 0 Å². The zero-order chi connectivity index (χ0) is 30.9. The summed E-state index contributed by atoms with van der Waals surface area (Å²) in [5, 5.41) is 70.9. The minimum absolute atomic E-state index is 0.0662. The second-order valence-corrected chi connectivity index (χ2v) is 12.2. The van der Waals surface area contributed by atoms with E-state index in [0.29, 0.717) is 6.42 Å². The molecule has 1 saturated carbocycles. The number of ether oxygens (including phenoxy) is 3. The number of esters is 1. The Bertz CT molecular complexity index is 710. The molecule has 10 unspecified atom stereocenters. The Morgan fingerprint density at radius 1 is 0.571 bits per heavy atom. The van der Waals surface area contributed by atoms with Gasteiger partial charge in [-0.15, -0.1) is 0 Å². The van der Waals surface area contributed by atoms with Gasteiger partial charge in [0.1, 0.15) is 48.8 Å². The lowest BCUT2D eigenvalue weighted by Gasteiger charge is -2.45. The van der Waals surface area contributed by atoms with Crippen molar-refractivity contribution < 1.29 is 54.8 Å². The van der Waals surface area contributed by atoms with Crippen LogP contribution in [0.15, 0.2) is 0 Å². The predicted molar refractivity (Wildman–Crippen MR) is 155 cm³/mol. The first-order valence-electron chi connectivity index (χ1n) is 16.4. The highest BCUT2D eigenvalue weighted by atomic mass is 16.7. The molecule has 1 aliphatic heterocycles. The third-order valence-corrected chi connectivity index (χ3v) is 8.54. The lowest BCUT2D eigenvalue weighted by Crippen LogP contribution is -2.67. The minimum Gasteiger partial charge on any atom is -0.457 e. The minimum atomic E-state index is -1.82. The SMILES string of the molecule is CCCCCCCCCCCCCCCCCCCC(=O)OC1C(O)C(O)C(O)C(O)C1OC1OCC(O)C(O)C1O. The molecule has 2 fully saturated rings. The molecule has 0 aromatic rings. The summed E-state index contributed by atoms with van der Waals surface area (Å²) in [6, 6.07) is 0. The molecule has 0 aromatic heterocycles. The van der Waals surface area contributed by atoms with Gasteiger partial charge in [0.05, 0.1) is 6.61 Å². The summed E-state index contributed by atoms with van der Waals surface area (Å²) in [6.45, 7) is 1.88. The molecule has 2 aliphatic rings. The van der Waals surface area contributed by atoms with Crippen LogP contribution in [0.4, 0.5) is 0 Å². The molecule has 248 valence electrons. The van der Waals surface area contributed by atoms with Gasteiger partial charge >= 0.3 is 5.97 Å². The molecule has 0 radical (unpaired) electrons. The van der Waals surface area contributed by atoms with Crippen LogP contribution in [0.3, 0.4) is 0 Å². The van der Waals surface area contributed by atoms with Crippen LogP contribution in [0.25, 0.3) is 0 Å². The van der Waals surface area contributed by atoms with Gasteiger partial charge in [-0.05, 0) is 6.42 Å². The quantitative estimate of drug-likeness (QED) is 0.0750. The first-order chi connectivity index (χ1) is 20.2. The summed E-state index contributed by atoms with van der Waals surface area (Å²) in [7, 11) is 0. The number of hydrogen-bond acceptors (Lipinski definition) is 11. The number of carbonyl (C=O) groups excluding carboxylic acids is 1. The first-order valence-corrected chi connectivity index (χ1v) is 16.4. The summed E-state index contributed by atoms with van der Waals surface area (Å²) >= 11 is 0. The van der Waals surface area contributed by atoms with Crippen molar-refractivity contribution in [2.45, 2.75) is 184 Å². The summed E-state index contributed by atoms with van der Waals surface area (Å²) in [5.74, 6) is -0.662. The third kappa shape index (κ3) is 12.6. The van der Waals surface area contributed by atoms with Gasteiger partial charge in [-0.2, -0.15) is 0 Å². The van der Waals surface area contributed by atoms with Crippen molar-refractivity contribution in [3.63, 3.8) is 0 Å². The number of hydrogen-bond donors (Lipinski definition) is 7. The number of unbranched alkanes of at least 4 members (excludes halogenated alkanes) is 16. The zero-order valence-corrected chi connectivity index (χ0v) is 25.5. The Balaban J connectivity index is 1.60. The van der Waals surface area contributed by atoms with Crippen molar-refractivity contribution in [1.29, 1.82) is 0 Å². The molecule has 42 heavy (non-hydrogen) atoms. The monoisotopic (exact) mass is 606 g/mol. The second kappa shape index (κ2) is 21.0. The molecule has 0 bridgehead atoms. The normalized spacial score (nSPS) is 33.5. The van der Waals surface area contributed by atoms with E-state index in [1.54, 1.807) is 0 Å². The largest absolute Gasteiger partial charge is 0.457 e. The van der Waals surface area contributed by atoms with Crippen LogP contribution in [-0.2, 0) is 19.0 Å². The Morgan fingerprint density at radius 2 is 1.00 bits per heavy atom. The van der Waals surface area contributed by atoms with Crippen LogP contribution >= 0.6 is 0 Å². The highest BCUT2D eigenvalue weighted by molar-refractivity contribution is 5.69. The lowest BCUT2D eigenvalue weighted by molar-refractivity contribution is -0.322. The van der Waals surface area contributed by atoms with Gasteiger partial charge < -0.3 is 50.0 Å². The molecule has 10 atom stereocenters. The van der Waals surface area contributed by atoms with Crippen LogP contribution in [-0.4, -0.2) is 110 Å². The van der Waals surface area contributed by atoms with Gasteiger partial charge in [-0.3, -0.25) is 4.79 Å². The fraction of sp³-hybridized carbons (Fsp3) is 0.968. The molecule has 1 aliphatic carbocycles. The van der Waals surface area contributed by atoms with Gasteiger partial charge in [0.15, 0.2) is 12.4 Å². The van der Waals surface area contributed by atoms with E-state index in [0.717, 1.165) is 19.3 Å². The zero-order valence-electron chi connectivity index (χ0n) is 25.5. The lowest BCUT2D eigenvalue weighted by atomic mass is 9.84. The van der Waals surface area contributed by atoms with E-state index < -0.39 is 67.2 Å². The van der Waals surface area contributed by atoms with Crippen LogP contribution in [0.1, 0.15) is 122 Å². The van der Waals surface area contributed by atoms with Gasteiger partial charge in [-0.25, -0.2) is 0 Å². The molecular formula is C31H58O11. The Hall–Kier alpha value is -0.890. The number of aliphatic hydroxyl groups is 7. The molecule has 1 saturated heterocycles. The van der Waals surface area contributed by atoms with Crippen LogP contribution in [0.5, 0.6) is 0 Å². The standard InChI is InChI=1S/C31H58O11/c1-2-3-4-5-6-7-8-9-10-11-12-13-14-15-16-17-18-19-22(33)41-29-26(37)24(35)25(36)27(38)30(29)42-31-28(39)23(34)21(32)20-40-31/h21,23-32,34-39H,2-20H2,1H3. The molecule has 0 aromatic carbocycles. The van der Waals surface area contributed by atoms with E-state index >= 15 is 0 Å². The van der Waals surface area contributed by atoms with E-state index in [1.807, 2.05) is 0 Å². The van der Waals surface area contributed by atoms with Crippen molar-refractivity contribution in [2.75, 3.05) is 6.61 Å². The van der Waals surface area contributed by atoms with Gasteiger partial charge in [0.25, 0.3) is 0 Å². The van der Waals surface area contributed by atoms with Crippen molar-refractivity contribution in [3.8, 4) is 0 Å². The van der Waals surface area contributed by atoms with Crippen molar-refractivity contribution in [1.82, 2.24) is 0 Å². The summed E-state index contributed by atoms with van der Waals surface area (Å²) < 4.78 is 16.1. The molecule has 1 heterocycles. The van der Waals surface area contributed by atoms with E-state index in [1.165, 1.54) is 83.5 Å². The Morgan fingerprint density at radius 3 is 1.48 bits per heavy atom. The first kappa shape index (κ1) is 37.3. The maximum atomic E-state index is 12.5. The van der Waals surface area contributed by atoms with E-state index in [9.17, 15) is 40.5 Å². The smallest absolute Gasteiger partial charge is 0.306 e. The van der Waals surface area contributed by atoms with E-state index in [4.69, 9.17) is 14.2 Å². The van der Waals surface area contributed by atoms with Crippen LogP contribution in [0.2, 0.25) is 0 Å². The Kier molecular flexibility index (Phi) is 18.6. The van der Waals surface area contributed by atoms with Gasteiger partial charge in [0.2, 0.25) is 0 Å². The van der Waals surface area contributed by atoms with Gasteiger partial charge in [0, 0.05) is 6.42 Å². The maximum Gasteiger partial charge on any atom is 0.306 e. The maximum absolute atomic E-state index is 12.5. The van der Waals surface area contributed by atoms with Gasteiger partial charge in [-0.1, -0.05) is 110 Å². The number of carbonyl (C=O) groups is 1. The fourth-order valence-electron chi connectivity index (χ4n) is 5.73. The average molecular weight is 607 g/mol. The number of aliphatic hydroxyl groups excluding tert-OH is 7. The van der Waals surface area contributed by atoms with Crippen LogP contribution in [0, 0.1) is 0 Å². The molecular weight excluding hydrogens is 548 g/mol. The van der Waals surface area contributed by atoms with E-state index in [2.05, 4.69) is 6.92 Å². The van der Waals surface area contributed by atoms with E-state index in [-0.39, 0.29) is 13.0 Å². The third-order valence-electron chi connectivity index (χ3n) is 8.54. The number of rotatable bonds is 21. The Labute approximate surface area is 251 Å². The van der Waals surface area contributed by atoms with Crippen molar-refractivity contribution >= 4 is 5.97 Å². The second-order valence-electron chi connectivity index (χ2n) is 12.2. The summed E-state index contributed by atoms with van der Waals surface area (Å²) in [5.41, 5.74) is 0. The summed E-state index contributed by atoms with van der Waals surface area (Å²) in [6.07, 6.45) is 4.27. The predicted octanol–water partition coefficient (Wildman–Crippen LogP) is 2.22. The molecule has 11 heteroatoms. The molecule has 0 spiro atoms. The fourth-order valence-corrected chi connectivity index (χ4v) is 5.73. The van der Waals surface area contributed by atoms with Crippen molar-refractivity contribution in [2.24, 2.45) is 0 Å². The molecule has 11 nitrogen and oxygen atoms in total. The van der Waals surface area contributed by atoms with Crippen LogP contribution < -0.4 is 0 Å². The average Bonchev–Trinajstić information content (AvgIpc) is 2.98. The molecule has 0 amide bonds. The molecule has 2 rings (SSSR count). The topological polar surface area (TPSA) is 186 Å². The molecule has 7 N–H and O–H groups in total. The summed E-state index contributed by atoms with van der Waals surface area (Å²) in [4.78, 5) is 12.5. The highest BCUT2D eigenvalue weighted by Gasteiger charge is 2.53. The highest BCUT2D eigenvalue weighted by Crippen LogP contribution is 2.30.